The first-order valence-corrected chi connectivity index (χ1v) is 9.36. The summed E-state index contributed by atoms with van der Waals surface area (Å²) in [5.41, 5.74) is 3.35. The van der Waals surface area contributed by atoms with Crippen LogP contribution in [0.15, 0.2) is 55.0 Å². The first kappa shape index (κ1) is 19.4. The maximum Gasteiger partial charge on any atom is 0.319 e. The van der Waals surface area contributed by atoms with Gasteiger partial charge < -0.3 is 15.4 Å². The van der Waals surface area contributed by atoms with E-state index in [1.54, 1.807) is 17.1 Å². The summed E-state index contributed by atoms with van der Waals surface area (Å²) in [6.07, 6.45) is 7.51. The number of rotatable bonds is 8. The van der Waals surface area contributed by atoms with Crippen molar-refractivity contribution in [3.8, 4) is 17.0 Å². The van der Waals surface area contributed by atoms with Crippen LogP contribution in [0.3, 0.4) is 0 Å². The van der Waals surface area contributed by atoms with Gasteiger partial charge in [0.05, 0.1) is 18.5 Å². The minimum atomic E-state index is -0.277. The van der Waals surface area contributed by atoms with Crippen molar-refractivity contribution in [2.24, 2.45) is 7.05 Å². The Morgan fingerprint density at radius 3 is 2.75 bits per heavy atom. The minimum Gasteiger partial charge on any atom is -0.494 e. The third-order valence-corrected chi connectivity index (χ3v) is 4.19. The van der Waals surface area contributed by atoms with E-state index >= 15 is 0 Å². The fraction of sp³-hybridized carbons (Fsp3) is 0.286. The van der Waals surface area contributed by atoms with Crippen LogP contribution in [0.5, 0.6) is 5.75 Å². The van der Waals surface area contributed by atoms with Gasteiger partial charge in [0.25, 0.3) is 0 Å². The number of nitrogens with one attached hydrogen (secondary N) is 2. The molecule has 0 bridgehead atoms. The second-order valence-corrected chi connectivity index (χ2v) is 6.45. The third-order valence-electron chi connectivity index (χ3n) is 4.19. The molecule has 2 amide bonds. The zero-order valence-corrected chi connectivity index (χ0v) is 16.2. The van der Waals surface area contributed by atoms with Gasteiger partial charge in [0.1, 0.15) is 5.75 Å². The fourth-order valence-corrected chi connectivity index (χ4v) is 2.70. The highest BCUT2D eigenvalue weighted by Gasteiger charge is 2.09. The number of aromatic nitrogens is 3. The van der Waals surface area contributed by atoms with Gasteiger partial charge in [0.15, 0.2) is 0 Å². The summed E-state index contributed by atoms with van der Waals surface area (Å²) >= 11 is 0. The average Bonchev–Trinajstić information content (AvgIpc) is 3.14. The number of unbranched alkanes of at least 4 members (excludes halogenated alkanes) is 1. The molecular formula is C21H25N5O2. The molecule has 146 valence electrons. The summed E-state index contributed by atoms with van der Waals surface area (Å²) < 4.78 is 7.35. The number of carbonyl (C=O) groups excluding carboxylic acids is 1. The molecule has 0 fully saturated rings. The Morgan fingerprint density at radius 1 is 1.21 bits per heavy atom. The Hall–Kier alpha value is -3.35. The monoisotopic (exact) mass is 379 g/mol. The Balaban J connectivity index is 1.55. The maximum absolute atomic E-state index is 12.2. The van der Waals surface area contributed by atoms with Gasteiger partial charge in [-0.25, -0.2) is 4.79 Å². The summed E-state index contributed by atoms with van der Waals surface area (Å²) in [5.74, 6) is 0.802. The minimum absolute atomic E-state index is 0.277. The van der Waals surface area contributed by atoms with Crippen LogP contribution < -0.4 is 15.4 Å². The van der Waals surface area contributed by atoms with E-state index in [0.717, 1.165) is 35.4 Å². The summed E-state index contributed by atoms with van der Waals surface area (Å²) in [6, 6.07) is 10.9. The molecule has 1 aromatic carbocycles. The number of pyridine rings is 1. The third kappa shape index (κ3) is 5.33. The van der Waals surface area contributed by atoms with E-state index in [-0.39, 0.29) is 6.03 Å². The van der Waals surface area contributed by atoms with Crippen molar-refractivity contribution in [1.82, 2.24) is 20.1 Å². The standard InChI is InChI=1S/C21H25N5O2/c1-3-4-12-28-19-9-7-18(8-10-19)25-21(27)23-13-16-6-5-11-22-20(16)17-14-24-26(2)15-17/h5-11,14-15H,3-4,12-13H2,1-2H3,(H2,23,25,27). The molecular weight excluding hydrogens is 354 g/mol. The van der Waals surface area contributed by atoms with Crippen molar-refractivity contribution in [2.45, 2.75) is 26.3 Å². The number of ether oxygens (including phenoxy) is 1. The molecule has 0 radical (unpaired) electrons. The number of aryl methyl sites for hydroxylation is 1. The smallest absolute Gasteiger partial charge is 0.319 e. The molecule has 0 unspecified atom stereocenters. The van der Waals surface area contributed by atoms with E-state index in [1.165, 1.54) is 0 Å². The Bertz CT molecular complexity index is 905. The van der Waals surface area contributed by atoms with E-state index in [4.69, 9.17) is 4.74 Å². The molecule has 0 saturated heterocycles. The molecule has 28 heavy (non-hydrogen) atoms. The largest absolute Gasteiger partial charge is 0.494 e. The van der Waals surface area contributed by atoms with Crippen molar-refractivity contribution in [3.05, 3.63) is 60.6 Å². The number of urea groups is 1. The van der Waals surface area contributed by atoms with E-state index in [1.807, 2.05) is 49.6 Å². The van der Waals surface area contributed by atoms with Crippen LogP contribution in [-0.4, -0.2) is 27.4 Å². The van der Waals surface area contributed by atoms with Crippen molar-refractivity contribution in [1.29, 1.82) is 0 Å². The molecule has 0 aliphatic rings. The van der Waals surface area contributed by atoms with Crippen LogP contribution >= 0.6 is 0 Å². The highest BCUT2D eigenvalue weighted by atomic mass is 16.5. The number of hydrogen-bond acceptors (Lipinski definition) is 4. The van der Waals surface area contributed by atoms with Crippen molar-refractivity contribution in [2.75, 3.05) is 11.9 Å². The zero-order valence-electron chi connectivity index (χ0n) is 16.2. The number of carbonyl (C=O) groups is 1. The van der Waals surface area contributed by atoms with Gasteiger partial charge in [-0.3, -0.25) is 9.67 Å². The van der Waals surface area contributed by atoms with E-state index < -0.39 is 0 Å². The molecule has 0 atom stereocenters. The summed E-state index contributed by atoms with van der Waals surface area (Å²) in [5, 5.41) is 9.88. The number of nitrogens with zero attached hydrogens (tertiary/aromatic N) is 3. The van der Waals surface area contributed by atoms with Crippen LogP contribution in [-0.2, 0) is 13.6 Å². The van der Waals surface area contributed by atoms with Crippen LogP contribution in [0, 0.1) is 0 Å². The molecule has 2 heterocycles. The second kappa shape index (κ2) is 9.55. The van der Waals surface area contributed by atoms with Gasteiger partial charge in [-0.2, -0.15) is 5.10 Å². The van der Waals surface area contributed by atoms with Crippen LogP contribution in [0.2, 0.25) is 0 Å². The van der Waals surface area contributed by atoms with E-state index in [9.17, 15) is 4.79 Å². The fourth-order valence-electron chi connectivity index (χ4n) is 2.70. The molecule has 0 aliphatic heterocycles. The average molecular weight is 379 g/mol. The summed E-state index contributed by atoms with van der Waals surface area (Å²) in [6.45, 7) is 3.19. The second-order valence-electron chi connectivity index (χ2n) is 6.45. The summed E-state index contributed by atoms with van der Waals surface area (Å²) in [7, 11) is 1.86. The van der Waals surface area contributed by atoms with Gasteiger partial charge >= 0.3 is 6.03 Å². The zero-order chi connectivity index (χ0) is 19.8. The highest BCUT2D eigenvalue weighted by Crippen LogP contribution is 2.20. The molecule has 7 nitrogen and oxygen atoms in total. The van der Waals surface area contributed by atoms with Crippen molar-refractivity contribution < 1.29 is 9.53 Å². The predicted molar refractivity (Wildman–Crippen MR) is 109 cm³/mol. The summed E-state index contributed by atoms with van der Waals surface area (Å²) in [4.78, 5) is 16.7. The van der Waals surface area contributed by atoms with Crippen LogP contribution in [0.25, 0.3) is 11.3 Å². The lowest BCUT2D eigenvalue weighted by Crippen LogP contribution is -2.28. The molecule has 0 aliphatic carbocycles. The van der Waals surface area contributed by atoms with Gasteiger partial charge in [0.2, 0.25) is 0 Å². The lowest BCUT2D eigenvalue weighted by Gasteiger charge is -2.11. The quantitative estimate of drug-likeness (QED) is 0.580. The number of anilines is 1. The molecule has 2 aromatic heterocycles. The van der Waals surface area contributed by atoms with Gasteiger partial charge in [-0.15, -0.1) is 0 Å². The van der Waals surface area contributed by atoms with Gasteiger partial charge in [-0.1, -0.05) is 19.4 Å². The normalized spacial score (nSPS) is 10.5. The lowest BCUT2D eigenvalue weighted by atomic mass is 10.1. The molecule has 7 heteroatoms. The molecule has 0 saturated carbocycles. The van der Waals surface area contributed by atoms with Crippen LogP contribution in [0.4, 0.5) is 10.5 Å². The SMILES string of the molecule is CCCCOc1ccc(NC(=O)NCc2cccnc2-c2cnn(C)c2)cc1. The van der Waals surface area contributed by atoms with Crippen molar-refractivity contribution >= 4 is 11.7 Å². The molecule has 3 rings (SSSR count). The number of benzene rings is 1. The first-order chi connectivity index (χ1) is 13.7. The first-order valence-electron chi connectivity index (χ1n) is 9.36. The van der Waals surface area contributed by atoms with E-state index in [2.05, 4.69) is 27.6 Å². The maximum atomic E-state index is 12.2. The van der Waals surface area contributed by atoms with Crippen LogP contribution in [0.1, 0.15) is 25.3 Å². The predicted octanol–water partition coefficient (Wildman–Crippen LogP) is 3.98. The lowest BCUT2D eigenvalue weighted by molar-refractivity contribution is 0.251. The van der Waals surface area contributed by atoms with E-state index in [0.29, 0.717) is 18.8 Å². The number of hydrogen-bond donors (Lipinski definition) is 2. The topological polar surface area (TPSA) is 81.1 Å². The van der Waals surface area contributed by atoms with Gasteiger partial charge in [-0.05, 0) is 42.3 Å². The Morgan fingerprint density at radius 2 is 2.04 bits per heavy atom. The van der Waals surface area contributed by atoms with Crippen molar-refractivity contribution in [3.63, 3.8) is 0 Å². The molecule has 2 N–H and O–H groups in total. The Labute approximate surface area is 164 Å². The molecule has 3 aromatic rings. The Kier molecular flexibility index (Phi) is 6.62. The highest BCUT2D eigenvalue weighted by molar-refractivity contribution is 5.89. The number of amides is 2. The molecule has 0 spiro atoms. The van der Waals surface area contributed by atoms with Gasteiger partial charge in [0, 0.05) is 37.2 Å².